The molecule has 0 aliphatic heterocycles. The fraction of sp³-hybridized carbons (Fsp3) is 0. The van der Waals surface area contributed by atoms with Gasteiger partial charge in [-0.3, -0.25) is 0 Å². The SMILES string of the molecule is c1ccc(-c2nc(-c3ccc4c(c3)oc3cc(-n5c6ccccc6c6ccccc65)ccc34)nc(-c3cccc4c3oc3ccccc34)n2)cc1. The Balaban J connectivity index is 1.08. The van der Waals surface area contributed by atoms with E-state index >= 15 is 0 Å². The highest BCUT2D eigenvalue weighted by Gasteiger charge is 2.19. The molecule has 6 nitrogen and oxygen atoms in total. The lowest BCUT2D eigenvalue weighted by Gasteiger charge is -2.09. The highest BCUT2D eigenvalue weighted by molar-refractivity contribution is 6.11. The molecule has 0 saturated carbocycles. The van der Waals surface area contributed by atoms with Crippen LogP contribution >= 0.6 is 0 Å². The van der Waals surface area contributed by atoms with Crippen molar-refractivity contribution in [2.75, 3.05) is 0 Å². The molecule has 51 heavy (non-hydrogen) atoms. The molecule has 11 rings (SSSR count). The van der Waals surface area contributed by atoms with Gasteiger partial charge in [-0.05, 0) is 48.5 Å². The molecular formula is C45H26N4O2. The largest absolute Gasteiger partial charge is 0.456 e. The normalized spacial score (nSPS) is 11.9. The van der Waals surface area contributed by atoms with Crippen molar-refractivity contribution in [2.45, 2.75) is 0 Å². The summed E-state index contributed by atoms with van der Waals surface area (Å²) < 4.78 is 15.3. The van der Waals surface area contributed by atoms with E-state index in [1.165, 1.54) is 10.8 Å². The number of hydrogen-bond acceptors (Lipinski definition) is 5. The third-order valence-electron chi connectivity index (χ3n) is 9.87. The number of rotatable bonds is 4. The van der Waals surface area contributed by atoms with Crippen LogP contribution in [-0.2, 0) is 0 Å². The van der Waals surface area contributed by atoms with Gasteiger partial charge in [-0.2, -0.15) is 0 Å². The second kappa shape index (κ2) is 10.7. The van der Waals surface area contributed by atoms with Gasteiger partial charge < -0.3 is 13.4 Å². The van der Waals surface area contributed by atoms with Gasteiger partial charge in [0.25, 0.3) is 0 Å². The Hall–Kier alpha value is -7.05. The van der Waals surface area contributed by atoms with E-state index in [9.17, 15) is 0 Å². The van der Waals surface area contributed by atoms with Crippen molar-refractivity contribution in [2.24, 2.45) is 0 Å². The van der Waals surface area contributed by atoms with Crippen molar-refractivity contribution in [1.29, 1.82) is 0 Å². The van der Waals surface area contributed by atoms with Crippen molar-refractivity contribution < 1.29 is 8.83 Å². The van der Waals surface area contributed by atoms with E-state index in [2.05, 4.69) is 95.6 Å². The molecule has 0 unspecified atom stereocenters. The number of benzene rings is 7. The van der Waals surface area contributed by atoms with Crippen LogP contribution < -0.4 is 0 Å². The maximum absolute atomic E-state index is 6.60. The number of fused-ring (bicyclic) bond motifs is 9. The van der Waals surface area contributed by atoms with Crippen molar-refractivity contribution in [3.05, 3.63) is 158 Å². The second-order valence-electron chi connectivity index (χ2n) is 12.8. The quantitative estimate of drug-likeness (QED) is 0.189. The van der Waals surface area contributed by atoms with Crippen LogP contribution in [0, 0.1) is 0 Å². The predicted molar refractivity (Wildman–Crippen MR) is 205 cm³/mol. The number of furan rings is 2. The van der Waals surface area contributed by atoms with Crippen LogP contribution in [0.2, 0.25) is 0 Å². The molecule has 0 aliphatic carbocycles. The van der Waals surface area contributed by atoms with Gasteiger partial charge in [0, 0.05) is 55.2 Å². The van der Waals surface area contributed by atoms with E-state index in [4.69, 9.17) is 23.8 Å². The molecule has 0 saturated heterocycles. The Kier molecular flexibility index (Phi) is 5.86. The molecule has 238 valence electrons. The van der Waals surface area contributed by atoms with Crippen LogP contribution in [0.1, 0.15) is 0 Å². The van der Waals surface area contributed by atoms with E-state index in [1.54, 1.807) is 0 Å². The van der Waals surface area contributed by atoms with Crippen LogP contribution in [0.4, 0.5) is 0 Å². The lowest BCUT2D eigenvalue weighted by molar-refractivity contribution is 0.668. The average Bonchev–Trinajstić information content (AvgIpc) is 3.87. The highest BCUT2D eigenvalue weighted by Crippen LogP contribution is 2.38. The van der Waals surface area contributed by atoms with Gasteiger partial charge in [0.2, 0.25) is 0 Å². The minimum atomic E-state index is 0.545. The predicted octanol–water partition coefficient (Wildman–Crippen LogP) is 11.8. The van der Waals surface area contributed by atoms with E-state index < -0.39 is 0 Å². The van der Waals surface area contributed by atoms with E-state index in [-0.39, 0.29) is 0 Å². The zero-order chi connectivity index (χ0) is 33.5. The number of aromatic nitrogens is 4. The Labute approximate surface area is 290 Å². The molecule has 11 aromatic rings. The molecule has 0 fully saturated rings. The summed E-state index contributed by atoms with van der Waals surface area (Å²) in [5, 5.41) is 6.63. The molecule has 0 N–H and O–H groups in total. The molecular weight excluding hydrogens is 629 g/mol. The Morgan fingerprint density at radius 3 is 1.75 bits per heavy atom. The van der Waals surface area contributed by atoms with Crippen LogP contribution in [0.15, 0.2) is 167 Å². The van der Waals surface area contributed by atoms with Crippen LogP contribution in [0.25, 0.3) is 106 Å². The summed E-state index contributed by atoms with van der Waals surface area (Å²) in [5.74, 6) is 1.69. The Bertz CT molecular complexity index is 3100. The monoisotopic (exact) mass is 654 g/mol. The van der Waals surface area contributed by atoms with Gasteiger partial charge in [-0.25, -0.2) is 15.0 Å². The topological polar surface area (TPSA) is 69.9 Å². The van der Waals surface area contributed by atoms with Gasteiger partial charge in [0.05, 0.1) is 16.6 Å². The van der Waals surface area contributed by atoms with Gasteiger partial charge in [-0.15, -0.1) is 0 Å². The number of nitrogens with zero attached hydrogens (tertiary/aromatic N) is 4. The first kappa shape index (κ1) is 27.9. The van der Waals surface area contributed by atoms with Crippen molar-refractivity contribution >= 4 is 65.7 Å². The molecule has 6 heteroatoms. The third-order valence-corrected chi connectivity index (χ3v) is 9.87. The molecule has 0 amide bonds. The lowest BCUT2D eigenvalue weighted by atomic mass is 10.1. The minimum Gasteiger partial charge on any atom is -0.456 e. The third kappa shape index (κ3) is 4.26. The summed E-state index contributed by atoms with van der Waals surface area (Å²) in [6, 6.07) is 53.9. The molecule has 4 heterocycles. The molecule has 7 aromatic carbocycles. The minimum absolute atomic E-state index is 0.545. The summed E-state index contributed by atoms with van der Waals surface area (Å²) in [6.45, 7) is 0. The summed E-state index contributed by atoms with van der Waals surface area (Å²) >= 11 is 0. The van der Waals surface area contributed by atoms with Gasteiger partial charge in [-0.1, -0.05) is 103 Å². The van der Waals surface area contributed by atoms with Crippen LogP contribution in [0.3, 0.4) is 0 Å². The molecule has 0 spiro atoms. The summed E-state index contributed by atoms with van der Waals surface area (Å²) in [6.07, 6.45) is 0. The first-order chi connectivity index (χ1) is 25.3. The smallest absolute Gasteiger partial charge is 0.167 e. The number of hydrogen-bond donors (Lipinski definition) is 0. The van der Waals surface area contributed by atoms with Crippen molar-refractivity contribution in [3.63, 3.8) is 0 Å². The van der Waals surface area contributed by atoms with Gasteiger partial charge in [0.1, 0.15) is 22.3 Å². The lowest BCUT2D eigenvalue weighted by Crippen LogP contribution is -2.00. The van der Waals surface area contributed by atoms with Crippen molar-refractivity contribution in [1.82, 2.24) is 19.5 Å². The van der Waals surface area contributed by atoms with E-state index in [1.807, 2.05) is 66.7 Å². The second-order valence-corrected chi connectivity index (χ2v) is 12.8. The summed E-state index contributed by atoms with van der Waals surface area (Å²) in [7, 11) is 0. The molecule has 0 radical (unpaired) electrons. The maximum Gasteiger partial charge on any atom is 0.167 e. The highest BCUT2D eigenvalue weighted by atomic mass is 16.3. The average molecular weight is 655 g/mol. The molecule has 4 aromatic heterocycles. The van der Waals surface area contributed by atoms with Crippen LogP contribution in [0.5, 0.6) is 0 Å². The maximum atomic E-state index is 6.60. The standard InChI is InChI=1S/C45H26N4O2/c1-2-11-27(12-3-1)43-46-44(48-45(47-43)36-17-10-16-35-32-15-6-9-20-39(32)51-42(35)36)28-21-23-33-34-24-22-29(26-41(34)50-40(33)25-28)49-37-18-7-4-13-30(37)31-14-5-8-19-38(31)49/h1-26H. The molecule has 0 atom stereocenters. The molecule has 0 bridgehead atoms. The van der Waals surface area contributed by atoms with Gasteiger partial charge >= 0.3 is 0 Å². The fourth-order valence-electron chi connectivity index (χ4n) is 7.51. The van der Waals surface area contributed by atoms with Gasteiger partial charge in [0.15, 0.2) is 17.5 Å². The zero-order valence-electron chi connectivity index (χ0n) is 27.1. The summed E-state index contributed by atoms with van der Waals surface area (Å²) in [4.78, 5) is 15.0. The zero-order valence-corrected chi connectivity index (χ0v) is 27.1. The Morgan fingerprint density at radius 2 is 0.961 bits per heavy atom. The van der Waals surface area contributed by atoms with Crippen LogP contribution in [-0.4, -0.2) is 19.5 Å². The van der Waals surface area contributed by atoms with E-state index in [0.29, 0.717) is 17.5 Å². The van der Waals surface area contributed by atoms with Crippen molar-refractivity contribution in [3.8, 4) is 39.9 Å². The summed E-state index contributed by atoms with van der Waals surface area (Å²) in [5.41, 5.74) is 9.09. The first-order valence-electron chi connectivity index (χ1n) is 16.9. The fourth-order valence-corrected chi connectivity index (χ4v) is 7.51. The first-order valence-corrected chi connectivity index (χ1v) is 16.9. The van der Waals surface area contributed by atoms with E-state index in [0.717, 1.165) is 77.3 Å². The Morgan fingerprint density at radius 1 is 0.373 bits per heavy atom. The number of para-hydroxylation sites is 4. The molecule has 0 aliphatic rings.